The van der Waals surface area contributed by atoms with Gasteiger partial charge >= 0.3 is 5.97 Å². The summed E-state index contributed by atoms with van der Waals surface area (Å²) in [6.07, 6.45) is 0.282. The fraction of sp³-hybridized carbons (Fsp3) is 0.241. The van der Waals surface area contributed by atoms with Gasteiger partial charge in [0.1, 0.15) is 11.8 Å². The summed E-state index contributed by atoms with van der Waals surface area (Å²) in [5.74, 6) is -1.21. The quantitative estimate of drug-likeness (QED) is 0.295. The third-order valence-corrected chi connectivity index (χ3v) is 6.50. The maximum atomic E-state index is 13.6. The predicted octanol–water partition coefficient (Wildman–Crippen LogP) is 4.54. The highest BCUT2D eigenvalue weighted by Crippen LogP contribution is 2.28. The van der Waals surface area contributed by atoms with Crippen LogP contribution in [0.5, 0.6) is 5.75 Å². The van der Waals surface area contributed by atoms with E-state index >= 15 is 0 Å². The number of esters is 1. The van der Waals surface area contributed by atoms with Crippen molar-refractivity contribution >= 4 is 41.0 Å². The molecular weight excluding hydrogens is 508 g/mol. The number of imide groups is 1. The van der Waals surface area contributed by atoms with Crippen molar-refractivity contribution in [1.82, 2.24) is 4.90 Å². The minimum Gasteiger partial charge on any atom is -0.497 e. The Morgan fingerprint density at radius 1 is 1.00 bits per heavy atom. The number of carbonyl (C=O) groups is 4. The fourth-order valence-electron chi connectivity index (χ4n) is 4.33. The van der Waals surface area contributed by atoms with Crippen molar-refractivity contribution in [1.29, 1.82) is 0 Å². The van der Waals surface area contributed by atoms with E-state index in [-0.39, 0.29) is 25.5 Å². The summed E-state index contributed by atoms with van der Waals surface area (Å²) in [4.78, 5) is 54.7. The Morgan fingerprint density at radius 3 is 2.32 bits per heavy atom. The molecule has 1 saturated heterocycles. The minimum atomic E-state index is -0.985. The average molecular weight is 535 g/mol. The Hall–Kier alpha value is -4.17. The van der Waals surface area contributed by atoms with Crippen molar-refractivity contribution in [3.8, 4) is 5.75 Å². The van der Waals surface area contributed by atoms with Gasteiger partial charge in [0.25, 0.3) is 11.8 Å². The number of amides is 3. The highest BCUT2D eigenvalue weighted by atomic mass is 35.5. The number of hydrogen-bond donors (Lipinski definition) is 0. The Morgan fingerprint density at radius 2 is 1.68 bits per heavy atom. The van der Waals surface area contributed by atoms with Crippen molar-refractivity contribution in [3.63, 3.8) is 0 Å². The highest BCUT2D eigenvalue weighted by molar-refractivity contribution is 6.30. The molecule has 1 fully saturated rings. The summed E-state index contributed by atoms with van der Waals surface area (Å²) in [5, 5.41) is 0.570. The first kappa shape index (κ1) is 26.9. The Bertz CT molecular complexity index is 1340. The van der Waals surface area contributed by atoms with Gasteiger partial charge in [-0.2, -0.15) is 0 Å². The van der Waals surface area contributed by atoms with Crippen LogP contribution in [-0.4, -0.2) is 54.9 Å². The van der Waals surface area contributed by atoms with E-state index in [0.717, 1.165) is 10.5 Å². The van der Waals surface area contributed by atoms with E-state index in [2.05, 4.69) is 0 Å². The molecule has 1 aliphatic rings. The normalized spacial score (nSPS) is 14.9. The lowest BCUT2D eigenvalue weighted by Crippen LogP contribution is -2.46. The van der Waals surface area contributed by atoms with Gasteiger partial charge in [-0.3, -0.25) is 14.4 Å². The summed E-state index contributed by atoms with van der Waals surface area (Å²) >= 11 is 6.12. The molecule has 8 nitrogen and oxygen atoms in total. The zero-order chi connectivity index (χ0) is 27.2. The molecule has 0 radical (unpaired) electrons. The molecule has 1 aliphatic heterocycles. The van der Waals surface area contributed by atoms with Gasteiger partial charge in [-0.25, -0.2) is 9.69 Å². The molecular formula is C29H27ClN2O6. The van der Waals surface area contributed by atoms with Crippen LogP contribution in [0.15, 0.2) is 72.8 Å². The first-order chi connectivity index (χ1) is 18.3. The lowest BCUT2D eigenvalue weighted by Gasteiger charge is -2.28. The average Bonchev–Trinajstić information content (AvgIpc) is 3.22. The van der Waals surface area contributed by atoms with E-state index in [4.69, 9.17) is 21.1 Å². The van der Waals surface area contributed by atoms with Crippen LogP contribution < -0.4 is 9.64 Å². The van der Waals surface area contributed by atoms with Gasteiger partial charge in [-0.1, -0.05) is 23.7 Å². The molecule has 1 atom stereocenters. The van der Waals surface area contributed by atoms with Crippen molar-refractivity contribution in [2.24, 2.45) is 0 Å². The summed E-state index contributed by atoms with van der Waals surface area (Å²) in [7, 11) is 1.53. The van der Waals surface area contributed by atoms with Crippen LogP contribution in [0, 0.1) is 0 Å². The first-order valence-electron chi connectivity index (χ1n) is 12.2. The molecule has 3 amide bonds. The van der Waals surface area contributed by atoms with Crippen LogP contribution in [0.4, 0.5) is 5.69 Å². The predicted molar refractivity (Wildman–Crippen MR) is 142 cm³/mol. The van der Waals surface area contributed by atoms with E-state index in [1.807, 2.05) is 12.1 Å². The van der Waals surface area contributed by atoms with Gasteiger partial charge in [-0.05, 0) is 79.6 Å². The van der Waals surface area contributed by atoms with Gasteiger partial charge in [-0.15, -0.1) is 0 Å². The molecule has 1 unspecified atom stereocenters. The molecule has 9 heteroatoms. The fourth-order valence-corrected chi connectivity index (χ4v) is 4.54. The van der Waals surface area contributed by atoms with E-state index in [0.29, 0.717) is 34.0 Å². The van der Waals surface area contributed by atoms with Gasteiger partial charge in [0.05, 0.1) is 31.4 Å². The summed E-state index contributed by atoms with van der Waals surface area (Å²) in [6, 6.07) is 18.9. The third-order valence-electron chi connectivity index (χ3n) is 6.26. The standard InChI is InChI=1S/C29H27ClN2O6/c1-3-38-29(36)21-7-11-23(12-8-21)32-26(33)18-25(28(32)35)31(16-15-19-5-4-6-22(30)17-19)27(34)20-9-13-24(37-2)14-10-20/h4-14,17,25H,3,15-16,18H2,1-2H3. The summed E-state index contributed by atoms with van der Waals surface area (Å²) in [5.41, 5.74) is 1.90. The molecule has 0 bridgehead atoms. The molecule has 4 rings (SSSR count). The number of rotatable bonds is 9. The van der Waals surface area contributed by atoms with E-state index < -0.39 is 23.8 Å². The molecule has 0 N–H and O–H groups in total. The second-order valence-electron chi connectivity index (χ2n) is 8.66. The van der Waals surface area contributed by atoms with Gasteiger partial charge < -0.3 is 14.4 Å². The maximum Gasteiger partial charge on any atom is 0.338 e. The highest BCUT2D eigenvalue weighted by Gasteiger charge is 2.44. The van der Waals surface area contributed by atoms with Crippen LogP contribution >= 0.6 is 11.6 Å². The van der Waals surface area contributed by atoms with Crippen LogP contribution in [-0.2, 0) is 20.7 Å². The Balaban J connectivity index is 1.60. The van der Waals surface area contributed by atoms with Crippen molar-refractivity contribution in [2.75, 3.05) is 25.2 Å². The number of carbonyl (C=O) groups excluding carboxylic acids is 4. The third kappa shape index (κ3) is 5.86. The maximum absolute atomic E-state index is 13.6. The number of benzene rings is 3. The molecule has 0 aromatic heterocycles. The van der Waals surface area contributed by atoms with Gasteiger partial charge in [0.2, 0.25) is 5.91 Å². The second kappa shape index (κ2) is 11.9. The molecule has 38 heavy (non-hydrogen) atoms. The topological polar surface area (TPSA) is 93.2 Å². The SMILES string of the molecule is CCOC(=O)c1ccc(N2C(=O)CC(N(CCc3cccc(Cl)c3)C(=O)c3ccc(OC)cc3)C2=O)cc1. The number of ether oxygens (including phenoxy) is 2. The second-order valence-corrected chi connectivity index (χ2v) is 9.10. The Kier molecular flexibility index (Phi) is 8.43. The molecule has 3 aromatic carbocycles. The van der Waals surface area contributed by atoms with Crippen molar-refractivity contribution in [2.45, 2.75) is 25.8 Å². The van der Waals surface area contributed by atoms with Crippen LogP contribution in [0.1, 0.15) is 39.6 Å². The summed E-state index contributed by atoms with van der Waals surface area (Å²) in [6.45, 7) is 2.14. The molecule has 0 spiro atoms. The van der Waals surface area contributed by atoms with Crippen molar-refractivity contribution < 1.29 is 28.7 Å². The van der Waals surface area contributed by atoms with E-state index in [1.165, 1.54) is 36.3 Å². The van der Waals surface area contributed by atoms with Crippen LogP contribution in [0.3, 0.4) is 0 Å². The smallest absolute Gasteiger partial charge is 0.338 e. The van der Waals surface area contributed by atoms with Gasteiger partial charge in [0, 0.05) is 17.1 Å². The number of nitrogens with zero attached hydrogens (tertiary/aromatic N) is 2. The van der Waals surface area contributed by atoms with Crippen LogP contribution in [0.2, 0.25) is 5.02 Å². The molecule has 3 aromatic rings. The molecule has 1 heterocycles. The van der Waals surface area contributed by atoms with Gasteiger partial charge in [0.15, 0.2) is 0 Å². The van der Waals surface area contributed by atoms with E-state index in [1.54, 1.807) is 43.3 Å². The number of anilines is 1. The summed E-state index contributed by atoms with van der Waals surface area (Å²) < 4.78 is 10.2. The Labute approximate surface area is 225 Å². The largest absolute Gasteiger partial charge is 0.497 e. The molecule has 196 valence electrons. The number of hydrogen-bond acceptors (Lipinski definition) is 6. The van der Waals surface area contributed by atoms with Crippen LogP contribution in [0.25, 0.3) is 0 Å². The minimum absolute atomic E-state index is 0.157. The molecule has 0 saturated carbocycles. The zero-order valence-electron chi connectivity index (χ0n) is 21.1. The molecule has 0 aliphatic carbocycles. The van der Waals surface area contributed by atoms with Crippen molar-refractivity contribution in [3.05, 3.63) is 94.5 Å². The lowest BCUT2D eigenvalue weighted by atomic mass is 10.1. The van der Waals surface area contributed by atoms with E-state index in [9.17, 15) is 19.2 Å². The zero-order valence-corrected chi connectivity index (χ0v) is 21.8. The number of halogens is 1. The lowest BCUT2D eigenvalue weighted by molar-refractivity contribution is -0.122. The monoisotopic (exact) mass is 534 g/mol. The number of methoxy groups -OCH3 is 1. The first-order valence-corrected chi connectivity index (χ1v) is 12.5.